The Balaban J connectivity index is 2.42. The smallest absolute Gasteiger partial charge is 0.337 e. The van der Waals surface area contributed by atoms with Gasteiger partial charge in [0.1, 0.15) is 0 Å². The van der Waals surface area contributed by atoms with Crippen LogP contribution in [0.5, 0.6) is 0 Å². The van der Waals surface area contributed by atoms with Crippen LogP contribution in [0.15, 0.2) is 45.7 Å². The first-order valence-electron chi connectivity index (χ1n) is 6.22. The third-order valence-corrected chi connectivity index (χ3v) is 3.96. The highest BCUT2D eigenvalue weighted by molar-refractivity contribution is 9.10. The van der Waals surface area contributed by atoms with Gasteiger partial charge in [0.15, 0.2) is 0 Å². The van der Waals surface area contributed by atoms with E-state index in [1.807, 2.05) is 25.1 Å². The number of carboxylic acids is 1. The maximum atomic E-state index is 12.3. The number of carbonyl (C=O) groups is 1. The summed E-state index contributed by atoms with van der Waals surface area (Å²) in [5, 5.41) is 9.21. The molecule has 0 radical (unpaired) electrons. The van der Waals surface area contributed by atoms with Gasteiger partial charge in [0.05, 0.1) is 22.3 Å². The summed E-state index contributed by atoms with van der Waals surface area (Å²) in [6.45, 7) is 1.93. The Morgan fingerprint density at radius 3 is 2.76 bits per heavy atom. The molecule has 0 saturated carbocycles. The van der Waals surface area contributed by atoms with Crippen molar-refractivity contribution in [1.82, 2.24) is 9.55 Å². The third-order valence-electron chi connectivity index (χ3n) is 3.29. The van der Waals surface area contributed by atoms with E-state index >= 15 is 0 Å². The molecule has 1 heterocycles. The molecule has 0 fully saturated rings. The minimum absolute atomic E-state index is 0.0760. The van der Waals surface area contributed by atoms with Gasteiger partial charge >= 0.3 is 11.7 Å². The lowest BCUT2D eigenvalue weighted by Crippen LogP contribution is -2.15. The highest BCUT2D eigenvalue weighted by atomic mass is 79.9. The van der Waals surface area contributed by atoms with Crippen LogP contribution in [0.25, 0.3) is 16.7 Å². The normalized spacial score (nSPS) is 11.0. The lowest BCUT2D eigenvalue weighted by molar-refractivity contribution is 0.0699. The van der Waals surface area contributed by atoms with Gasteiger partial charge in [-0.3, -0.25) is 4.57 Å². The van der Waals surface area contributed by atoms with Crippen molar-refractivity contribution in [2.45, 2.75) is 6.92 Å². The van der Waals surface area contributed by atoms with E-state index in [-0.39, 0.29) is 11.3 Å². The largest absolute Gasteiger partial charge is 0.478 e. The van der Waals surface area contributed by atoms with Crippen molar-refractivity contribution >= 4 is 32.9 Å². The molecule has 6 heteroatoms. The van der Waals surface area contributed by atoms with E-state index in [0.717, 1.165) is 10.0 Å². The Morgan fingerprint density at radius 1 is 1.29 bits per heavy atom. The summed E-state index contributed by atoms with van der Waals surface area (Å²) < 4.78 is 2.23. The van der Waals surface area contributed by atoms with E-state index in [2.05, 4.69) is 20.9 Å². The van der Waals surface area contributed by atoms with Gasteiger partial charge in [-0.2, -0.15) is 0 Å². The van der Waals surface area contributed by atoms with Crippen molar-refractivity contribution < 1.29 is 9.90 Å². The number of aromatic amines is 1. The lowest BCUT2D eigenvalue weighted by atomic mass is 10.1. The summed E-state index contributed by atoms with van der Waals surface area (Å²) in [5.74, 6) is -1.07. The van der Waals surface area contributed by atoms with Gasteiger partial charge < -0.3 is 10.1 Å². The number of aromatic nitrogens is 2. The number of benzene rings is 2. The van der Waals surface area contributed by atoms with E-state index in [0.29, 0.717) is 16.7 Å². The van der Waals surface area contributed by atoms with Crippen molar-refractivity contribution in [2.75, 3.05) is 0 Å². The fraction of sp³-hybridized carbons (Fsp3) is 0.0667. The van der Waals surface area contributed by atoms with Crippen LogP contribution in [0.4, 0.5) is 0 Å². The number of rotatable bonds is 2. The monoisotopic (exact) mass is 346 g/mol. The molecule has 2 aromatic carbocycles. The van der Waals surface area contributed by atoms with E-state index < -0.39 is 5.97 Å². The summed E-state index contributed by atoms with van der Waals surface area (Å²) in [7, 11) is 0. The second kappa shape index (κ2) is 4.89. The Kier molecular flexibility index (Phi) is 3.17. The fourth-order valence-corrected chi connectivity index (χ4v) is 2.77. The van der Waals surface area contributed by atoms with Gasteiger partial charge in [0, 0.05) is 4.47 Å². The number of halogens is 1. The number of aromatic carboxylic acids is 1. The van der Waals surface area contributed by atoms with Gasteiger partial charge in [-0.05, 0) is 52.7 Å². The number of H-pyrrole nitrogens is 1. The van der Waals surface area contributed by atoms with Crippen LogP contribution >= 0.6 is 15.9 Å². The number of hydrogen-bond donors (Lipinski definition) is 2. The zero-order valence-electron chi connectivity index (χ0n) is 11.1. The SMILES string of the molecule is Cc1ccc(Br)c(-n2c(=O)[nH]c3c(C(=O)O)cccc32)c1. The van der Waals surface area contributed by atoms with Crippen molar-refractivity contribution in [2.24, 2.45) is 0 Å². The quantitative estimate of drug-likeness (QED) is 0.748. The van der Waals surface area contributed by atoms with Crippen molar-refractivity contribution in [3.63, 3.8) is 0 Å². The molecule has 0 amide bonds. The molecule has 1 aromatic heterocycles. The molecular formula is C15H11BrN2O3. The van der Waals surface area contributed by atoms with E-state index in [1.54, 1.807) is 12.1 Å². The maximum Gasteiger partial charge on any atom is 0.337 e. The highest BCUT2D eigenvalue weighted by Crippen LogP contribution is 2.25. The lowest BCUT2D eigenvalue weighted by Gasteiger charge is -2.07. The van der Waals surface area contributed by atoms with Crippen LogP contribution in [0.3, 0.4) is 0 Å². The third kappa shape index (κ3) is 2.17. The zero-order valence-corrected chi connectivity index (χ0v) is 12.6. The fourth-order valence-electron chi connectivity index (χ4n) is 2.34. The van der Waals surface area contributed by atoms with Crippen LogP contribution in [0.1, 0.15) is 15.9 Å². The second-order valence-electron chi connectivity index (χ2n) is 4.73. The minimum atomic E-state index is -1.07. The number of nitrogens with one attached hydrogen (secondary N) is 1. The maximum absolute atomic E-state index is 12.3. The van der Waals surface area contributed by atoms with Crippen LogP contribution in [0, 0.1) is 6.92 Å². The van der Waals surface area contributed by atoms with Gasteiger partial charge in [-0.15, -0.1) is 0 Å². The molecule has 3 rings (SSSR count). The number of fused-ring (bicyclic) bond motifs is 1. The average Bonchev–Trinajstić information content (AvgIpc) is 2.77. The molecule has 2 N–H and O–H groups in total. The standard InChI is InChI=1S/C15H11BrN2O3/c1-8-5-6-10(16)12(7-8)18-11-4-2-3-9(14(19)20)13(11)17-15(18)21/h2-7H,1H3,(H,17,21)(H,19,20). The van der Waals surface area contributed by atoms with Crippen molar-refractivity contribution in [3.05, 3.63) is 62.5 Å². The second-order valence-corrected chi connectivity index (χ2v) is 5.58. The number of imidazole rings is 1. The Morgan fingerprint density at radius 2 is 2.05 bits per heavy atom. The molecular weight excluding hydrogens is 336 g/mol. The molecule has 0 aliphatic carbocycles. The summed E-state index contributed by atoms with van der Waals surface area (Å²) in [6, 6.07) is 10.5. The number of carboxylic acid groups (broad SMARTS) is 1. The Bertz CT molecular complexity index is 924. The van der Waals surface area contributed by atoms with Crippen LogP contribution in [-0.4, -0.2) is 20.6 Å². The first-order valence-corrected chi connectivity index (χ1v) is 7.02. The minimum Gasteiger partial charge on any atom is -0.478 e. The predicted octanol–water partition coefficient (Wildman–Crippen LogP) is 3.09. The molecule has 0 atom stereocenters. The molecule has 0 aliphatic heterocycles. The number of hydrogen-bond acceptors (Lipinski definition) is 2. The molecule has 0 aliphatic rings. The van der Waals surface area contributed by atoms with Gasteiger partial charge in [-0.1, -0.05) is 12.1 Å². The number of aryl methyl sites for hydroxylation is 1. The number of nitrogens with zero attached hydrogens (tertiary/aromatic N) is 1. The topological polar surface area (TPSA) is 75.1 Å². The average molecular weight is 347 g/mol. The van der Waals surface area contributed by atoms with Crippen molar-refractivity contribution in [3.8, 4) is 5.69 Å². The summed E-state index contributed by atoms with van der Waals surface area (Å²) >= 11 is 3.43. The van der Waals surface area contributed by atoms with Gasteiger partial charge in [-0.25, -0.2) is 9.59 Å². The van der Waals surface area contributed by atoms with Gasteiger partial charge in [0.25, 0.3) is 0 Å². The summed E-state index contributed by atoms with van der Waals surface area (Å²) in [5.41, 5.74) is 2.24. The first-order chi connectivity index (χ1) is 9.99. The first kappa shape index (κ1) is 13.6. The van der Waals surface area contributed by atoms with E-state index in [1.165, 1.54) is 10.6 Å². The van der Waals surface area contributed by atoms with Crippen LogP contribution < -0.4 is 5.69 Å². The highest BCUT2D eigenvalue weighted by Gasteiger charge is 2.16. The predicted molar refractivity (Wildman–Crippen MR) is 83.3 cm³/mol. The Hall–Kier alpha value is -2.34. The van der Waals surface area contributed by atoms with E-state index in [9.17, 15) is 14.7 Å². The van der Waals surface area contributed by atoms with Crippen molar-refractivity contribution in [1.29, 1.82) is 0 Å². The molecule has 0 saturated heterocycles. The Labute approximate surface area is 128 Å². The molecule has 3 aromatic rings. The molecule has 106 valence electrons. The number of para-hydroxylation sites is 1. The van der Waals surface area contributed by atoms with Crippen LogP contribution in [0.2, 0.25) is 0 Å². The van der Waals surface area contributed by atoms with Gasteiger partial charge in [0.2, 0.25) is 0 Å². The molecule has 0 spiro atoms. The summed E-state index contributed by atoms with van der Waals surface area (Å²) in [6.07, 6.45) is 0. The van der Waals surface area contributed by atoms with Crippen LogP contribution in [-0.2, 0) is 0 Å². The molecule has 0 unspecified atom stereocenters. The molecule has 5 nitrogen and oxygen atoms in total. The molecule has 21 heavy (non-hydrogen) atoms. The van der Waals surface area contributed by atoms with E-state index in [4.69, 9.17) is 0 Å². The summed E-state index contributed by atoms with van der Waals surface area (Å²) in [4.78, 5) is 26.2. The zero-order chi connectivity index (χ0) is 15.1. The molecule has 0 bridgehead atoms.